The van der Waals surface area contributed by atoms with E-state index in [1.807, 2.05) is 0 Å². The number of hydrogen-bond acceptors (Lipinski definition) is 4. The summed E-state index contributed by atoms with van der Waals surface area (Å²) < 4.78 is 35.7. The van der Waals surface area contributed by atoms with Gasteiger partial charge in [0.1, 0.15) is 11.0 Å². The lowest BCUT2D eigenvalue weighted by molar-refractivity contribution is -0.125. The molecule has 0 saturated heterocycles. The summed E-state index contributed by atoms with van der Waals surface area (Å²) in [5.74, 6) is 0. The number of thiazole rings is 1. The second-order valence-corrected chi connectivity index (χ2v) is 3.77. The third-order valence-corrected chi connectivity index (χ3v) is 2.55. The Hall–Kier alpha value is -1.13. The number of alkyl halides is 3. The lowest BCUT2D eigenvalue weighted by Crippen LogP contribution is -2.31. The molecule has 1 N–H and O–H groups in total. The maximum absolute atomic E-state index is 11.9. The molecular formula is C8H8F3N3S. The topological polar surface area (TPSA) is 48.7 Å². The molecule has 0 spiro atoms. The molecular weight excluding hydrogens is 227 g/mol. The van der Waals surface area contributed by atoms with E-state index in [0.717, 1.165) is 0 Å². The third kappa shape index (κ3) is 3.85. The zero-order valence-corrected chi connectivity index (χ0v) is 8.61. The van der Waals surface area contributed by atoms with Gasteiger partial charge in [-0.2, -0.15) is 18.4 Å². The summed E-state index contributed by atoms with van der Waals surface area (Å²) in [5.41, 5.74) is 0.698. The molecule has 0 aliphatic carbocycles. The smallest absolute Gasteiger partial charge is 0.288 e. The van der Waals surface area contributed by atoms with Crippen LogP contribution in [0.3, 0.4) is 0 Å². The van der Waals surface area contributed by atoms with Crippen molar-refractivity contribution < 1.29 is 13.2 Å². The van der Waals surface area contributed by atoms with E-state index in [-0.39, 0.29) is 0 Å². The lowest BCUT2D eigenvalue weighted by atomic mass is 10.3. The first-order valence-corrected chi connectivity index (χ1v) is 4.92. The number of hydrogen-bond donors (Lipinski definition) is 1. The molecule has 0 aliphatic heterocycles. The summed E-state index contributed by atoms with van der Waals surface area (Å²) in [7, 11) is 0. The van der Waals surface area contributed by atoms with Crippen molar-refractivity contribution in [2.24, 2.45) is 0 Å². The Bertz CT molecular complexity index is 366. The number of rotatable bonds is 3. The van der Waals surface area contributed by atoms with Crippen molar-refractivity contribution in [2.75, 3.05) is 6.54 Å². The quantitative estimate of drug-likeness (QED) is 0.873. The highest BCUT2D eigenvalue weighted by Gasteiger charge is 2.29. The number of nitriles is 1. The predicted octanol–water partition coefficient (Wildman–Crippen LogP) is 2.17. The summed E-state index contributed by atoms with van der Waals surface area (Å²) in [5, 5.41) is 12.8. The van der Waals surface area contributed by atoms with Crippen LogP contribution in [-0.4, -0.2) is 17.7 Å². The molecule has 0 radical (unpaired) electrons. The maximum atomic E-state index is 11.9. The number of nitrogens with zero attached hydrogens (tertiary/aromatic N) is 2. The fourth-order valence-corrected chi connectivity index (χ4v) is 1.72. The molecule has 82 valence electrons. The van der Waals surface area contributed by atoms with E-state index in [9.17, 15) is 13.2 Å². The van der Waals surface area contributed by atoms with Crippen LogP contribution in [0.1, 0.15) is 16.7 Å². The normalized spacial score (nSPS) is 13.5. The monoisotopic (exact) mass is 235 g/mol. The summed E-state index contributed by atoms with van der Waals surface area (Å²) in [6, 6.07) is 0.746. The fraction of sp³-hybridized carbons (Fsp3) is 0.500. The Balaban J connectivity index is 2.62. The Kier molecular flexibility index (Phi) is 3.66. The van der Waals surface area contributed by atoms with Crippen molar-refractivity contribution in [3.05, 3.63) is 16.1 Å². The van der Waals surface area contributed by atoms with Crippen molar-refractivity contribution in [3.8, 4) is 6.07 Å². The van der Waals surface area contributed by atoms with Crippen molar-refractivity contribution in [3.63, 3.8) is 0 Å². The average Bonchev–Trinajstić information content (AvgIpc) is 2.51. The highest BCUT2D eigenvalue weighted by atomic mass is 32.1. The first-order chi connectivity index (χ1) is 6.92. The molecule has 3 nitrogen and oxygen atoms in total. The van der Waals surface area contributed by atoms with Crippen LogP contribution in [0.4, 0.5) is 13.2 Å². The third-order valence-electron chi connectivity index (χ3n) is 1.52. The molecule has 0 aliphatic rings. The van der Waals surface area contributed by atoms with Crippen molar-refractivity contribution in [1.29, 1.82) is 5.26 Å². The van der Waals surface area contributed by atoms with Gasteiger partial charge in [0.15, 0.2) is 0 Å². The van der Waals surface area contributed by atoms with Gasteiger partial charge < -0.3 is 0 Å². The number of aromatic nitrogens is 1. The van der Waals surface area contributed by atoms with E-state index in [2.05, 4.69) is 10.3 Å². The molecule has 1 aromatic rings. The molecule has 0 amide bonds. The van der Waals surface area contributed by atoms with E-state index >= 15 is 0 Å². The average molecular weight is 235 g/mol. The van der Waals surface area contributed by atoms with Gasteiger partial charge in [-0.1, -0.05) is 0 Å². The molecule has 0 fully saturated rings. The first-order valence-electron chi connectivity index (χ1n) is 4.04. The van der Waals surface area contributed by atoms with E-state index < -0.39 is 18.8 Å². The number of nitrogens with one attached hydrogen (secondary N) is 1. The van der Waals surface area contributed by atoms with Gasteiger partial charge in [-0.25, -0.2) is 4.98 Å². The zero-order valence-electron chi connectivity index (χ0n) is 7.80. The standard InChI is InChI=1S/C8H8F3N3S/c1-5-3-15-7(14-5)6(2-12)13-4-8(9,10)11/h3,6,13H,4H2,1H3. The molecule has 1 rings (SSSR count). The van der Waals surface area contributed by atoms with Gasteiger partial charge in [-0.15, -0.1) is 11.3 Å². The van der Waals surface area contributed by atoms with E-state index in [4.69, 9.17) is 5.26 Å². The maximum Gasteiger partial charge on any atom is 0.401 e. The number of halogens is 3. The van der Waals surface area contributed by atoms with Crippen LogP contribution in [0.25, 0.3) is 0 Å². The molecule has 1 heterocycles. The fourth-order valence-electron chi connectivity index (χ4n) is 0.911. The Labute approximate surface area is 88.6 Å². The highest BCUT2D eigenvalue weighted by molar-refractivity contribution is 7.09. The minimum atomic E-state index is -4.32. The molecule has 7 heteroatoms. The second kappa shape index (κ2) is 4.59. The van der Waals surface area contributed by atoms with Crippen LogP contribution in [0.15, 0.2) is 5.38 Å². The van der Waals surface area contributed by atoms with Crippen LogP contribution in [-0.2, 0) is 0 Å². The predicted molar refractivity (Wildman–Crippen MR) is 49.3 cm³/mol. The Morgan fingerprint density at radius 2 is 2.33 bits per heavy atom. The van der Waals surface area contributed by atoms with Gasteiger partial charge in [-0.05, 0) is 6.92 Å². The van der Waals surface area contributed by atoms with Gasteiger partial charge in [0.05, 0.1) is 12.6 Å². The summed E-state index contributed by atoms with van der Waals surface area (Å²) in [4.78, 5) is 3.95. The summed E-state index contributed by atoms with van der Waals surface area (Å²) >= 11 is 1.17. The minimum Gasteiger partial charge on any atom is -0.288 e. The van der Waals surface area contributed by atoms with Crippen molar-refractivity contribution in [2.45, 2.75) is 19.1 Å². The van der Waals surface area contributed by atoms with Gasteiger partial charge in [0.2, 0.25) is 0 Å². The van der Waals surface area contributed by atoms with Crippen molar-refractivity contribution in [1.82, 2.24) is 10.3 Å². The van der Waals surface area contributed by atoms with Gasteiger partial charge in [-0.3, -0.25) is 5.32 Å². The highest BCUT2D eigenvalue weighted by Crippen LogP contribution is 2.19. The van der Waals surface area contributed by atoms with Gasteiger partial charge in [0.25, 0.3) is 0 Å². The van der Waals surface area contributed by atoms with Gasteiger partial charge >= 0.3 is 6.18 Å². The van der Waals surface area contributed by atoms with Crippen LogP contribution in [0.5, 0.6) is 0 Å². The van der Waals surface area contributed by atoms with Crippen LogP contribution >= 0.6 is 11.3 Å². The molecule has 1 aromatic heterocycles. The van der Waals surface area contributed by atoms with E-state index in [1.54, 1.807) is 18.4 Å². The minimum absolute atomic E-state index is 0.360. The first kappa shape index (κ1) is 11.9. The molecule has 1 atom stereocenters. The molecule has 1 unspecified atom stereocenters. The van der Waals surface area contributed by atoms with Crippen LogP contribution in [0.2, 0.25) is 0 Å². The van der Waals surface area contributed by atoms with Crippen LogP contribution in [0, 0.1) is 18.3 Å². The summed E-state index contributed by atoms with van der Waals surface area (Å²) in [6.45, 7) is 0.530. The zero-order chi connectivity index (χ0) is 11.5. The number of aryl methyl sites for hydroxylation is 1. The van der Waals surface area contributed by atoms with Crippen molar-refractivity contribution >= 4 is 11.3 Å². The Morgan fingerprint density at radius 1 is 1.67 bits per heavy atom. The molecule has 15 heavy (non-hydrogen) atoms. The second-order valence-electron chi connectivity index (χ2n) is 2.89. The molecule has 0 saturated carbocycles. The van der Waals surface area contributed by atoms with Gasteiger partial charge in [0, 0.05) is 11.1 Å². The SMILES string of the molecule is Cc1csc(C(C#N)NCC(F)(F)F)n1. The molecule has 0 aromatic carbocycles. The van der Waals surface area contributed by atoms with E-state index in [0.29, 0.717) is 10.7 Å². The Morgan fingerprint density at radius 3 is 2.73 bits per heavy atom. The van der Waals surface area contributed by atoms with E-state index in [1.165, 1.54) is 11.3 Å². The largest absolute Gasteiger partial charge is 0.401 e. The summed E-state index contributed by atoms with van der Waals surface area (Å²) in [6.07, 6.45) is -4.32. The lowest BCUT2D eigenvalue weighted by Gasteiger charge is -2.10. The molecule has 0 bridgehead atoms. The van der Waals surface area contributed by atoms with Crippen LogP contribution < -0.4 is 5.32 Å².